The maximum atomic E-state index is 4.54. The van der Waals surface area contributed by atoms with E-state index in [0.29, 0.717) is 0 Å². The van der Waals surface area contributed by atoms with Crippen molar-refractivity contribution in [3.63, 3.8) is 0 Å². The first-order chi connectivity index (χ1) is 11.6. The molecule has 2 fully saturated rings. The fourth-order valence-electron chi connectivity index (χ4n) is 4.19. The zero-order valence-corrected chi connectivity index (χ0v) is 14.8. The molecule has 2 unspecified atom stereocenters. The van der Waals surface area contributed by atoms with Crippen LogP contribution in [0, 0.1) is 25.7 Å². The monoisotopic (exact) mass is 326 g/mol. The molecule has 128 valence electrons. The first kappa shape index (κ1) is 15.6. The van der Waals surface area contributed by atoms with Gasteiger partial charge in [-0.1, -0.05) is 0 Å². The van der Waals surface area contributed by atoms with E-state index in [0.717, 1.165) is 49.4 Å². The Kier molecular flexibility index (Phi) is 4.00. The molecule has 6 heteroatoms. The number of hydrogen-bond acceptors (Lipinski definition) is 5. The summed E-state index contributed by atoms with van der Waals surface area (Å²) in [4.78, 5) is 18.1. The van der Waals surface area contributed by atoms with Crippen molar-refractivity contribution in [3.05, 3.63) is 35.8 Å². The second-order valence-electron chi connectivity index (χ2n) is 7.34. The third-order valence-corrected chi connectivity index (χ3v) is 5.77. The number of imidazole rings is 1. The van der Waals surface area contributed by atoms with E-state index in [-0.39, 0.29) is 0 Å². The number of hydrogen-bond donors (Lipinski definition) is 0. The van der Waals surface area contributed by atoms with Gasteiger partial charge in [-0.3, -0.25) is 0 Å². The molecule has 2 atom stereocenters. The van der Waals surface area contributed by atoms with Crippen LogP contribution in [0.2, 0.25) is 0 Å². The molecule has 0 aliphatic carbocycles. The van der Waals surface area contributed by atoms with Gasteiger partial charge >= 0.3 is 0 Å². The maximum absolute atomic E-state index is 4.54. The summed E-state index contributed by atoms with van der Waals surface area (Å²) in [5.74, 6) is 2.68. The van der Waals surface area contributed by atoms with E-state index in [1.165, 1.54) is 24.3 Å². The Bertz CT molecular complexity index is 710. The Labute approximate surface area is 143 Å². The minimum Gasteiger partial charge on any atom is -0.356 e. The molecule has 0 aromatic carbocycles. The van der Waals surface area contributed by atoms with Crippen LogP contribution in [-0.2, 0) is 13.5 Å². The molecule has 4 heterocycles. The lowest BCUT2D eigenvalue weighted by Crippen LogP contribution is -2.31. The summed E-state index contributed by atoms with van der Waals surface area (Å²) in [6.07, 6.45) is 6.66. The molecule has 0 N–H and O–H groups in total. The lowest BCUT2D eigenvalue weighted by molar-refractivity contribution is 0.318. The van der Waals surface area contributed by atoms with Gasteiger partial charge in [-0.2, -0.15) is 0 Å². The molecule has 0 spiro atoms. The highest BCUT2D eigenvalue weighted by Gasteiger charge is 2.40. The molecule has 4 rings (SSSR count). The molecule has 2 aromatic rings. The molecular formula is C18H26N6. The summed E-state index contributed by atoms with van der Waals surface area (Å²) in [7, 11) is 2.07. The standard InChI is InChI=1S/C18H26N6/c1-13-14(2)20-11-21-18(13)24-9-15-7-23(8-16(15)10-24)5-4-17-6-19-12-22(17)3/h6,11-12,15-16H,4-5,7-10H2,1-3H3. The largest absolute Gasteiger partial charge is 0.356 e. The van der Waals surface area contributed by atoms with Gasteiger partial charge in [-0.25, -0.2) is 15.0 Å². The molecule has 2 aromatic heterocycles. The highest BCUT2D eigenvalue weighted by Crippen LogP contribution is 2.34. The minimum absolute atomic E-state index is 0.770. The number of fused-ring (bicyclic) bond motifs is 1. The van der Waals surface area contributed by atoms with Crippen molar-refractivity contribution in [1.29, 1.82) is 0 Å². The average molecular weight is 326 g/mol. The predicted molar refractivity (Wildman–Crippen MR) is 94.1 cm³/mol. The van der Waals surface area contributed by atoms with Crippen LogP contribution < -0.4 is 4.90 Å². The summed E-state index contributed by atoms with van der Waals surface area (Å²) in [5, 5.41) is 0. The van der Waals surface area contributed by atoms with Crippen molar-refractivity contribution in [2.24, 2.45) is 18.9 Å². The Morgan fingerprint density at radius 3 is 2.50 bits per heavy atom. The number of anilines is 1. The molecule has 2 aliphatic rings. The van der Waals surface area contributed by atoms with Gasteiger partial charge in [-0.05, 0) is 25.7 Å². The molecule has 24 heavy (non-hydrogen) atoms. The van der Waals surface area contributed by atoms with Crippen molar-refractivity contribution in [3.8, 4) is 0 Å². The Morgan fingerprint density at radius 1 is 1.08 bits per heavy atom. The van der Waals surface area contributed by atoms with Gasteiger partial charge in [0.2, 0.25) is 0 Å². The fraction of sp³-hybridized carbons (Fsp3) is 0.611. The van der Waals surface area contributed by atoms with Crippen LogP contribution in [0.3, 0.4) is 0 Å². The van der Waals surface area contributed by atoms with Gasteiger partial charge in [0.1, 0.15) is 12.1 Å². The second-order valence-corrected chi connectivity index (χ2v) is 7.34. The predicted octanol–water partition coefficient (Wildman–Crippen LogP) is 1.44. The van der Waals surface area contributed by atoms with Gasteiger partial charge in [0.15, 0.2) is 0 Å². The first-order valence-electron chi connectivity index (χ1n) is 8.82. The van der Waals surface area contributed by atoms with E-state index >= 15 is 0 Å². The van der Waals surface area contributed by atoms with E-state index in [4.69, 9.17) is 0 Å². The van der Waals surface area contributed by atoms with Crippen molar-refractivity contribution in [1.82, 2.24) is 24.4 Å². The minimum atomic E-state index is 0.770. The number of aromatic nitrogens is 4. The fourth-order valence-corrected chi connectivity index (χ4v) is 4.19. The highest BCUT2D eigenvalue weighted by atomic mass is 15.3. The number of nitrogens with zero attached hydrogens (tertiary/aromatic N) is 6. The zero-order chi connectivity index (χ0) is 16.7. The Morgan fingerprint density at radius 2 is 1.83 bits per heavy atom. The van der Waals surface area contributed by atoms with Crippen LogP contribution in [0.25, 0.3) is 0 Å². The molecule has 2 saturated heterocycles. The summed E-state index contributed by atoms with van der Waals surface area (Å²) in [6, 6.07) is 0. The average Bonchev–Trinajstić information content (AvgIpc) is 3.22. The quantitative estimate of drug-likeness (QED) is 0.851. The van der Waals surface area contributed by atoms with Crippen LogP contribution >= 0.6 is 0 Å². The van der Waals surface area contributed by atoms with Gasteiger partial charge in [-0.15, -0.1) is 0 Å². The SMILES string of the molecule is Cc1ncnc(N2CC3CN(CCc4cncn4C)CC3C2)c1C. The summed E-state index contributed by atoms with van der Waals surface area (Å²) < 4.78 is 2.12. The second kappa shape index (κ2) is 6.16. The van der Waals surface area contributed by atoms with Crippen LogP contribution in [0.5, 0.6) is 0 Å². The van der Waals surface area contributed by atoms with E-state index in [1.54, 1.807) is 6.33 Å². The van der Waals surface area contributed by atoms with Gasteiger partial charge in [0.25, 0.3) is 0 Å². The summed E-state index contributed by atoms with van der Waals surface area (Å²) >= 11 is 0. The lowest BCUT2D eigenvalue weighted by atomic mass is 10.0. The first-order valence-corrected chi connectivity index (χ1v) is 8.82. The van der Waals surface area contributed by atoms with Crippen LogP contribution in [0.4, 0.5) is 5.82 Å². The molecule has 0 radical (unpaired) electrons. The van der Waals surface area contributed by atoms with Gasteiger partial charge in [0, 0.05) is 69.3 Å². The molecule has 6 nitrogen and oxygen atoms in total. The van der Waals surface area contributed by atoms with E-state index in [9.17, 15) is 0 Å². The molecule has 0 amide bonds. The Balaban J connectivity index is 1.35. The van der Waals surface area contributed by atoms with E-state index in [1.807, 2.05) is 12.5 Å². The normalized spacial score (nSPS) is 23.9. The van der Waals surface area contributed by atoms with Crippen molar-refractivity contribution < 1.29 is 0 Å². The molecule has 2 aliphatic heterocycles. The molecule has 0 saturated carbocycles. The van der Waals surface area contributed by atoms with E-state index in [2.05, 4.69) is 50.2 Å². The third-order valence-electron chi connectivity index (χ3n) is 5.77. The van der Waals surface area contributed by atoms with Crippen molar-refractivity contribution in [2.75, 3.05) is 37.6 Å². The van der Waals surface area contributed by atoms with E-state index < -0.39 is 0 Å². The van der Waals surface area contributed by atoms with Gasteiger partial charge in [0.05, 0.1) is 6.33 Å². The Hall–Kier alpha value is -1.95. The highest BCUT2D eigenvalue weighted by molar-refractivity contribution is 5.48. The molecular weight excluding hydrogens is 300 g/mol. The van der Waals surface area contributed by atoms with Crippen LogP contribution in [0.1, 0.15) is 17.0 Å². The third kappa shape index (κ3) is 2.79. The number of likely N-dealkylation sites (tertiary alicyclic amines) is 1. The van der Waals surface area contributed by atoms with Crippen LogP contribution in [0.15, 0.2) is 18.9 Å². The summed E-state index contributed by atoms with van der Waals surface area (Å²) in [5.41, 5.74) is 3.64. The number of rotatable bonds is 4. The van der Waals surface area contributed by atoms with Crippen molar-refractivity contribution in [2.45, 2.75) is 20.3 Å². The van der Waals surface area contributed by atoms with Crippen molar-refractivity contribution >= 4 is 5.82 Å². The lowest BCUT2D eigenvalue weighted by Gasteiger charge is -2.23. The summed E-state index contributed by atoms with van der Waals surface area (Å²) in [6.45, 7) is 10.0. The van der Waals surface area contributed by atoms with Gasteiger partial charge < -0.3 is 14.4 Å². The zero-order valence-electron chi connectivity index (χ0n) is 14.8. The smallest absolute Gasteiger partial charge is 0.135 e. The topological polar surface area (TPSA) is 50.1 Å². The number of aryl methyl sites for hydroxylation is 2. The maximum Gasteiger partial charge on any atom is 0.135 e. The molecule has 0 bridgehead atoms. The van der Waals surface area contributed by atoms with Crippen LogP contribution in [-0.4, -0.2) is 57.1 Å².